The van der Waals surface area contributed by atoms with Crippen LogP contribution < -0.4 is 5.32 Å². The van der Waals surface area contributed by atoms with E-state index < -0.39 is 23.4 Å². The van der Waals surface area contributed by atoms with E-state index in [0.29, 0.717) is 5.69 Å². The standard InChI is InChI=1S/C20H15F2NO4/c1-2-26-20(25)16-18(24)15(11-12-7-6-10-14(21)17(12)22)27-19(16)23-13-8-4-3-5-9-13/h3-11,23H,2H2,1H3/b15-11-. The number of anilines is 1. The van der Waals surface area contributed by atoms with Crippen LogP contribution in [0.25, 0.3) is 6.08 Å². The first-order valence-corrected chi connectivity index (χ1v) is 8.13. The number of Topliss-reactive ketones (excluding diaryl/α,β-unsaturated/α-hetero) is 1. The number of hydrogen-bond donors (Lipinski definition) is 1. The number of allylic oxidation sites excluding steroid dienone is 1. The number of para-hydroxylation sites is 1. The molecule has 0 unspecified atom stereocenters. The van der Waals surface area contributed by atoms with Crippen LogP contribution in [0.15, 0.2) is 65.7 Å². The van der Waals surface area contributed by atoms with E-state index in [9.17, 15) is 18.4 Å². The lowest BCUT2D eigenvalue weighted by molar-refractivity contribution is -0.139. The minimum Gasteiger partial charge on any atom is -0.462 e. The lowest BCUT2D eigenvalue weighted by Gasteiger charge is -2.08. The van der Waals surface area contributed by atoms with Crippen molar-refractivity contribution in [2.75, 3.05) is 11.9 Å². The van der Waals surface area contributed by atoms with Crippen LogP contribution in [0, 0.1) is 11.6 Å². The normalized spacial score (nSPS) is 15.1. The summed E-state index contributed by atoms with van der Waals surface area (Å²) in [5.41, 5.74) is 0.0477. The Hall–Kier alpha value is -3.48. The minimum absolute atomic E-state index is 0.0613. The molecule has 0 saturated heterocycles. The van der Waals surface area contributed by atoms with E-state index in [4.69, 9.17) is 9.47 Å². The van der Waals surface area contributed by atoms with Crippen molar-refractivity contribution in [2.45, 2.75) is 6.92 Å². The fourth-order valence-corrected chi connectivity index (χ4v) is 2.43. The molecule has 0 radical (unpaired) electrons. The molecule has 2 aromatic carbocycles. The van der Waals surface area contributed by atoms with Gasteiger partial charge in [0.2, 0.25) is 11.7 Å². The first-order chi connectivity index (χ1) is 13.0. The molecule has 138 valence electrons. The molecule has 2 aromatic rings. The number of ketones is 1. The summed E-state index contributed by atoms with van der Waals surface area (Å²) in [6, 6.07) is 12.3. The van der Waals surface area contributed by atoms with E-state index in [2.05, 4.69) is 5.32 Å². The molecule has 1 aliphatic rings. The molecule has 5 nitrogen and oxygen atoms in total. The van der Waals surface area contributed by atoms with Crippen LogP contribution in [0.3, 0.4) is 0 Å². The second-order valence-corrected chi connectivity index (χ2v) is 5.50. The van der Waals surface area contributed by atoms with Gasteiger partial charge in [-0.15, -0.1) is 0 Å². The van der Waals surface area contributed by atoms with Crippen molar-refractivity contribution in [1.29, 1.82) is 0 Å². The Morgan fingerprint density at radius 3 is 2.59 bits per heavy atom. The largest absolute Gasteiger partial charge is 0.462 e. The summed E-state index contributed by atoms with van der Waals surface area (Å²) < 4.78 is 37.6. The maximum absolute atomic E-state index is 13.9. The van der Waals surface area contributed by atoms with E-state index in [-0.39, 0.29) is 29.4 Å². The number of hydrogen-bond acceptors (Lipinski definition) is 5. The molecular formula is C20H15F2NO4. The van der Waals surface area contributed by atoms with E-state index >= 15 is 0 Å². The average Bonchev–Trinajstić information content (AvgIpc) is 2.95. The van der Waals surface area contributed by atoms with E-state index in [1.54, 1.807) is 37.3 Å². The van der Waals surface area contributed by atoms with Gasteiger partial charge >= 0.3 is 5.97 Å². The molecule has 0 amide bonds. The number of ether oxygens (including phenoxy) is 2. The van der Waals surface area contributed by atoms with Gasteiger partial charge in [-0.05, 0) is 31.2 Å². The fraction of sp³-hybridized carbons (Fsp3) is 0.100. The average molecular weight is 371 g/mol. The van der Waals surface area contributed by atoms with Crippen LogP contribution in [-0.4, -0.2) is 18.4 Å². The van der Waals surface area contributed by atoms with Crippen LogP contribution in [0.5, 0.6) is 0 Å². The Kier molecular flexibility index (Phi) is 5.30. The molecule has 0 bridgehead atoms. The van der Waals surface area contributed by atoms with E-state index in [0.717, 1.165) is 12.1 Å². The zero-order valence-corrected chi connectivity index (χ0v) is 14.3. The molecule has 0 saturated carbocycles. The van der Waals surface area contributed by atoms with Gasteiger partial charge < -0.3 is 14.8 Å². The lowest BCUT2D eigenvalue weighted by atomic mass is 10.1. The van der Waals surface area contributed by atoms with Crippen molar-refractivity contribution >= 4 is 23.5 Å². The number of nitrogens with one attached hydrogen (secondary N) is 1. The SMILES string of the molecule is CCOC(=O)C1=C(Nc2ccccc2)O/C(=C\c2cccc(F)c2F)C1=O. The zero-order valence-electron chi connectivity index (χ0n) is 14.3. The van der Waals surface area contributed by atoms with Gasteiger partial charge in [0.25, 0.3) is 0 Å². The summed E-state index contributed by atoms with van der Waals surface area (Å²) in [6.45, 7) is 1.66. The van der Waals surface area contributed by atoms with Crippen LogP contribution >= 0.6 is 0 Å². The molecule has 0 atom stereocenters. The monoisotopic (exact) mass is 371 g/mol. The summed E-state index contributed by atoms with van der Waals surface area (Å²) in [7, 11) is 0. The Morgan fingerprint density at radius 2 is 1.89 bits per heavy atom. The van der Waals surface area contributed by atoms with Crippen LogP contribution in [0.1, 0.15) is 12.5 Å². The van der Waals surface area contributed by atoms with Gasteiger partial charge in [-0.3, -0.25) is 4.79 Å². The summed E-state index contributed by atoms with van der Waals surface area (Å²) in [4.78, 5) is 24.8. The molecule has 1 N–H and O–H groups in total. The third kappa shape index (κ3) is 3.87. The first-order valence-electron chi connectivity index (χ1n) is 8.13. The summed E-state index contributed by atoms with van der Waals surface area (Å²) in [5, 5.41) is 2.83. The second-order valence-electron chi connectivity index (χ2n) is 5.50. The fourth-order valence-electron chi connectivity index (χ4n) is 2.43. The van der Waals surface area contributed by atoms with Crippen molar-refractivity contribution in [3.63, 3.8) is 0 Å². The lowest BCUT2D eigenvalue weighted by Crippen LogP contribution is -2.16. The van der Waals surface area contributed by atoms with Crippen LogP contribution in [0.4, 0.5) is 14.5 Å². The van der Waals surface area contributed by atoms with Crippen molar-refractivity contribution in [3.05, 3.63) is 82.9 Å². The van der Waals surface area contributed by atoms with Crippen LogP contribution in [-0.2, 0) is 19.1 Å². The second kappa shape index (κ2) is 7.82. The number of halogens is 2. The smallest absolute Gasteiger partial charge is 0.347 e. The summed E-state index contributed by atoms with van der Waals surface area (Å²) >= 11 is 0. The van der Waals surface area contributed by atoms with Gasteiger partial charge in [-0.2, -0.15) is 0 Å². The molecule has 0 fully saturated rings. The van der Waals surface area contributed by atoms with Crippen LogP contribution in [0.2, 0.25) is 0 Å². The van der Waals surface area contributed by atoms with Gasteiger partial charge in [0, 0.05) is 11.3 Å². The number of rotatable bonds is 5. The molecule has 1 aliphatic heterocycles. The number of carbonyl (C=O) groups excluding carboxylic acids is 2. The highest BCUT2D eigenvalue weighted by Crippen LogP contribution is 2.29. The maximum atomic E-state index is 13.9. The van der Waals surface area contributed by atoms with Gasteiger partial charge in [-0.25, -0.2) is 13.6 Å². The van der Waals surface area contributed by atoms with Crippen molar-refractivity contribution in [3.8, 4) is 0 Å². The highest BCUT2D eigenvalue weighted by Gasteiger charge is 2.37. The molecule has 27 heavy (non-hydrogen) atoms. The number of carbonyl (C=O) groups is 2. The number of benzene rings is 2. The Labute approximate surface area is 153 Å². The van der Waals surface area contributed by atoms with Gasteiger partial charge in [-0.1, -0.05) is 30.3 Å². The Morgan fingerprint density at radius 1 is 1.15 bits per heavy atom. The topological polar surface area (TPSA) is 64.6 Å². The van der Waals surface area contributed by atoms with Gasteiger partial charge in [0.1, 0.15) is 0 Å². The highest BCUT2D eigenvalue weighted by atomic mass is 19.2. The Bertz CT molecular complexity index is 952. The van der Waals surface area contributed by atoms with Crippen molar-refractivity contribution in [1.82, 2.24) is 0 Å². The number of esters is 1. The molecular weight excluding hydrogens is 356 g/mol. The molecule has 7 heteroatoms. The predicted octanol–water partition coefficient (Wildman–Crippen LogP) is 3.79. The zero-order chi connectivity index (χ0) is 19.4. The molecule has 1 heterocycles. The molecule has 3 rings (SSSR count). The van der Waals surface area contributed by atoms with Crippen molar-refractivity contribution < 1.29 is 27.8 Å². The minimum atomic E-state index is -1.12. The third-order valence-electron chi connectivity index (χ3n) is 3.67. The Balaban J connectivity index is 1.98. The first kappa shape index (κ1) is 18.3. The summed E-state index contributed by atoms with van der Waals surface area (Å²) in [6.07, 6.45) is 1.04. The van der Waals surface area contributed by atoms with Crippen molar-refractivity contribution in [2.24, 2.45) is 0 Å². The third-order valence-corrected chi connectivity index (χ3v) is 3.67. The molecule has 0 spiro atoms. The van der Waals surface area contributed by atoms with Gasteiger partial charge in [0.15, 0.2) is 23.0 Å². The van der Waals surface area contributed by atoms with E-state index in [1.807, 2.05) is 0 Å². The molecule has 0 aliphatic carbocycles. The summed E-state index contributed by atoms with van der Waals surface area (Å²) in [5.74, 6) is -4.28. The molecule has 0 aromatic heterocycles. The highest BCUT2D eigenvalue weighted by molar-refractivity contribution is 6.26. The maximum Gasteiger partial charge on any atom is 0.347 e. The quantitative estimate of drug-likeness (QED) is 0.492. The predicted molar refractivity (Wildman–Crippen MR) is 94.2 cm³/mol. The van der Waals surface area contributed by atoms with Gasteiger partial charge in [0.05, 0.1) is 6.61 Å². The van der Waals surface area contributed by atoms with E-state index in [1.165, 1.54) is 12.1 Å².